The molecule has 0 aromatic carbocycles. The Kier molecular flexibility index (Phi) is 2.73. The fraction of sp³-hybridized carbons (Fsp3) is 0.857. The number of hydrogen-bond acceptors (Lipinski definition) is 1. The number of rotatable bonds is 0. The molecule has 1 rings (SSSR count). The van der Waals surface area contributed by atoms with Crippen molar-refractivity contribution in [3.63, 3.8) is 0 Å². The Labute approximate surface area is 60.1 Å². The molecule has 2 heteroatoms. The maximum atomic E-state index is 4.09. The van der Waals surface area contributed by atoms with Gasteiger partial charge in [0.15, 0.2) is 0 Å². The van der Waals surface area contributed by atoms with Gasteiger partial charge in [0.1, 0.15) is 0 Å². The first-order valence-corrected chi connectivity index (χ1v) is 5.04. The van der Waals surface area contributed by atoms with Crippen LogP contribution in [0.5, 0.6) is 0 Å². The molecule has 9 heavy (non-hydrogen) atoms. The van der Waals surface area contributed by atoms with Gasteiger partial charge in [0.05, 0.1) is 0 Å². The van der Waals surface area contributed by atoms with Crippen LogP contribution in [0.4, 0.5) is 0 Å². The maximum Gasteiger partial charge on any atom is 0.00813 e. The van der Waals surface area contributed by atoms with E-state index in [1.54, 1.807) is 0 Å². The van der Waals surface area contributed by atoms with Crippen molar-refractivity contribution in [2.75, 3.05) is 19.3 Å². The Morgan fingerprint density at radius 2 is 2.11 bits per heavy atom. The minimum Gasteiger partial charge on any atom is -0.260 e. The predicted molar refractivity (Wildman–Crippen MR) is 46.1 cm³/mol. The maximum absolute atomic E-state index is 4.09. The van der Waals surface area contributed by atoms with Gasteiger partial charge in [-0.05, 0) is 19.9 Å². The molecule has 0 amide bonds. The zero-order valence-corrected chi connectivity index (χ0v) is 6.91. The van der Waals surface area contributed by atoms with Crippen molar-refractivity contribution < 1.29 is 0 Å². The van der Waals surface area contributed by atoms with Crippen molar-refractivity contribution >= 4 is 16.5 Å². The molecular weight excluding hydrogens is 130 g/mol. The Hall–Kier alpha value is 0.180. The monoisotopic (exact) mass is 145 g/mol. The second kappa shape index (κ2) is 3.37. The van der Waals surface area contributed by atoms with Crippen molar-refractivity contribution in [3.8, 4) is 0 Å². The van der Waals surface area contributed by atoms with E-state index in [4.69, 9.17) is 0 Å². The van der Waals surface area contributed by atoms with Crippen LogP contribution in [-0.2, 0) is 0 Å². The van der Waals surface area contributed by atoms with E-state index < -0.39 is 0 Å². The van der Waals surface area contributed by atoms with Gasteiger partial charge in [-0.2, -0.15) is 0 Å². The van der Waals surface area contributed by atoms with E-state index in [1.165, 1.54) is 31.6 Å². The number of nitrogens with zero attached hydrogens (tertiary/aromatic N) is 1. The normalized spacial score (nSPS) is 31.9. The molecule has 1 unspecified atom stereocenters. The molecule has 0 aromatic rings. The Morgan fingerprint density at radius 1 is 1.33 bits per heavy atom. The first-order valence-electron chi connectivity index (χ1n) is 3.52. The smallest absolute Gasteiger partial charge is 0.00813 e. The highest BCUT2D eigenvalue weighted by atomic mass is 32.2. The van der Waals surface area contributed by atoms with E-state index in [1.807, 2.05) is 0 Å². The highest BCUT2D eigenvalue weighted by Gasteiger charge is 2.05. The lowest BCUT2D eigenvalue weighted by Gasteiger charge is -2.15. The summed E-state index contributed by atoms with van der Waals surface area (Å²) >= 11 is 0. The third-order valence-electron chi connectivity index (χ3n) is 1.79. The fourth-order valence-electron chi connectivity index (χ4n) is 1.06. The van der Waals surface area contributed by atoms with Crippen molar-refractivity contribution in [2.24, 2.45) is 0 Å². The summed E-state index contributed by atoms with van der Waals surface area (Å²) in [4.78, 5) is 0. The van der Waals surface area contributed by atoms with Crippen LogP contribution in [0, 0.1) is 0 Å². The molecule has 1 aliphatic heterocycles. The van der Waals surface area contributed by atoms with Gasteiger partial charge in [-0.25, -0.2) is 0 Å². The van der Waals surface area contributed by atoms with Crippen molar-refractivity contribution in [1.82, 2.24) is 4.31 Å². The summed E-state index contributed by atoms with van der Waals surface area (Å²) in [7, 11) is 2.51. The molecule has 0 saturated carbocycles. The molecule has 0 aliphatic carbocycles. The SMILES string of the molecule is C=S1CCCCCN1C. The molecule has 0 spiro atoms. The average Bonchev–Trinajstić information content (AvgIpc) is 1.99. The van der Waals surface area contributed by atoms with Crippen LogP contribution in [-0.4, -0.2) is 29.5 Å². The molecule has 0 bridgehead atoms. The van der Waals surface area contributed by atoms with Crippen LogP contribution in [0.2, 0.25) is 0 Å². The molecule has 1 aliphatic rings. The fourth-order valence-corrected chi connectivity index (χ4v) is 2.30. The van der Waals surface area contributed by atoms with Gasteiger partial charge in [-0.1, -0.05) is 12.3 Å². The first kappa shape index (κ1) is 7.29. The van der Waals surface area contributed by atoms with E-state index in [0.29, 0.717) is 10.7 Å². The van der Waals surface area contributed by atoms with Gasteiger partial charge in [0.25, 0.3) is 0 Å². The molecule has 54 valence electrons. The quantitative estimate of drug-likeness (QED) is 0.469. The largest absolute Gasteiger partial charge is 0.260 e. The van der Waals surface area contributed by atoms with Gasteiger partial charge in [0.2, 0.25) is 0 Å². The standard InChI is InChI=1S/C7H15NS/c1-8-6-4-3-5-7-9(8)2/h2-7H2,1H3. The minimum absolute atomic E-state index is 0.331. The summed E-state index contributed by atoms with van der Waals surface area (Å²) < 4.78 is 2.38. The van der Waals surface area contributed by atoms with E-state index in [0.717, 1.165) is 0 Å². The van der Waals surface area contributed by atoms with Gasteiger partial charge < -0.3 is 0 Å². The third-order valence-corrected chi connectivity index (χ3v) is 3.62. The van der Waals surface area contributed by atoms with E-state index in [2.05, 4.69) is 17.2 Å². The lowest BCUT2D eigenvalue weighted by Crippen LogP contribution is -2.10. The van der Waals surface area contributed by atoms with Gasteiger partial charge in [0, 0.05) is 12.3 Å². The Morgan fingerprint density at radius 3 is 2.89 bits per heavy atom. The second-order valence-corrected chi connectivity index (χ2v) is 4.53. The summed E-state index contributed by atoms with van der Waals surface area (Å²) in [6, 6.07) is 0. The van der Waals surface area contributed by atoms with Gasteiger partial charge >= 0.3 is 0 Å². The average molecular weight is 145 g/mol. The van der Waals surface area contributed by atoms with Crippen LogP contribution in [0.1, 0.15) is 19.3 Å². The third kappa shape index (κ3) is 2.11. The lowest BCUT2D eigenvalue weighted by atomic mass is 10.2. The Bertz CT molecular complexity index is 111. The Balaban J connectivity index is 2.41. The molecule has 0 aromatic heterocycles. The van der Waals surface area contributed by atoms with Crippen LogP contribution in [0.15, 0.2) is 0 Å². The molecular formula is C7H15NS. The van der Waals surface area contributed by atoms with E-state index >= 15 is 0 Å². The highest BCUT2D eigenvalue weighted by molar-refractivity contribution is 8.12. The predicted octanol–water partition coefficient (Wildman–Crippen LogP) is 1.72. The van der Waals surface area contributed by atoms with Crippen LogP contribution in [0.3, 0.4) is 0 Å². The van der Waals surface area contributed by atoms with Crippen molar-refractivity contribution in [3.05, 3.63) is 0 Å². The summed E-state index contributed by atoms with van der Waals surface area (Å²) in [5, 5.41) is 0. The second-order valence-electron chi connectivity index (χ2n) is 2.58. The van der Waals surface area contributed by atoms with Crippen LogP contribution >= 0.6 is 10.7 Å². The van der Waals surface area contributed by atoms with E-state index in [9.17, 15) is 0 Å². The summed E-state index contributed by atoms with van der Waals surface area (Å²) in [5.41, 5.74) is 0. The molecule has 0 N–H and O–H groups in total. The zero-order chi connectivity index (χ0) is 6.69. The summed E-state index contributed by atoms with van der Waals surface area (Å²) in [6.07, 6.45) is 4.16. The minimum atomic E-state index is 0.331. The van der Waals surface area contributed by atoms with Crippen LogP contribution in [0.25, 0.3) is 0 Å². The molecule has 1 atom stereocenters. The van der Waals surface area contributed by atoms with Crippen molar-refractivity contribution in [1.29, 1.82) is 0 Å². The van der Waals surface area contributed by atoms with Gasteiger partial charge in [-0.3, -0.25) is 4.31 Å². The topological polar surface area (TPSA) is 3.24 Å². The lowest BCUT2D eigenvalue weighted by molar-refractivity contribution is 0.541. The molecule has 0 radical (unpaired) electrons. The molecule has 1 fully saturated rings. The molecule has 1 heterocycles. The van der Waals surface area contributed by atoms with Crippen LogP contribution < -0.4 is 0 Å². The summed E-state index contributed by atoms with van der Waals surface area (Å²) in [5.74, 6) is 5.41. The summed E-state index contributed by atoms with van der Waals surface area (Å²) in [6.45, 7) is 1.26. The molecule has 1 nitrogen and oxygen atoms in total. The van der Waals surface area contributed by atoms with E-state index in [-0.39, 0.29) is 0 Å². The highest BCUT2D eigenvalue weighted by Crippen LogP contribution is 2.21. The van der Waals surface area contributed by atoms with Crippen molar-refractivity contribution in [2.45, 2.75) is 19.3 Å². The van der Waals surface area contributed by atoms with Gasteiger partial charge in [-0.15, -0.1) is 10.7 Å². The number of hydrogen-bond donors (Lipinski definition) is 0. The first-order chi connectivity index (χ1) is 4.30. The zero-order valence-electron chi connectivity index (χ0n) is 6.10. The molecule has 1 saturated heterocycles.